The summed E-state index contributed by atoms with van der Waals surface area (Å²) in [5.41, 5.74) is 1.61. The van der Waals surface area contributed by atoms with Crippen molar-refractivity contribution in [3.05, 3.63) is 58.0 Å². The van der Waals surface area contributed by atoms with E-state index in [0.717, 1.165) is 17.1 Å². The smallest absolute Gasteiger partial charge is 0.192 e. The van der Waals surface area contributed by atoms with E-state index in [-0.39, 0.29) is 16.8 Å². The molecule has 0 radical (unpaired) electrons. The first-order valence-electron chi connectivity index (χ1n) is 5.91. The molecule has 1 aromatic carbocycles. The molecule has 2 rings (SSSR count). The van der Waals surface area contributed by atoms with Gasteiger partial charge in [-0.2, -0.15) is 0 Å². The molecular weight excluding hydrogens is 242 g/mol. The van der Waals surface area contributed by atoms with Crippen LogP contribution in [0.25, 0.3) is 5.69 Å². The molecule has 1 heterocycles. The highest BCUT2D eigenvalue weighted by Crippen LogP contribution is 2.16. The minimum Gasteiger partial charge on any atom is -0.497 e. The van der Waals surface area contributed by atoms with Gasteiger partial charge in [-0.05, 0) is 38.1 Å². The second-order valence-electron chi connectivity index (χ2n) is 4.32. The predicted molar refractivity (Wildman–Crippen MR) is 73.3 cm³/mol. The maximum atomic E-state index is 11.7. The third kappa shape index (κ3) is 2.57. The minimum absolute atomic E-state index is 0.196. The molecular formula is C15H15NO3. The number of ether oxygens (including phenoxy) is 1. The fourth-order valence-corrected chi connectivity index (χ4v) is 1.92. The van der Waals surface area contributed by atoms with Crippen LogP contribution in [0.1, 0.15) is 23.0 Å². The molecule has 0 N–H and O–H groups in total. The standard InChI is InChI=1S/C15H15NO3/c1-10-8-15(18)14(11(2)17)9-16(10)12-4-6-13(19-3)7-5-12/h4-9H,1-3H3. The zero-order valence-electron chi connectivity index (χ0n) is 11.1. The molecule has 0 saturated heterocycles. The van der Waals surface area contributed by atoms with Gasteiger partial charge < -0.3 is 9.30 Å². The monoisotopic (exact) mass is 257 g/mol. The van der Waals surface area contributed by atoms with Gasteiger partial charge in [0, 0.05) is 23.6 Å². The van der Waals surface area contributed by atoms with Gasteiger partial charge in [0.05, 0.1) is 12.7 Å². The average Bonchev–Trinajstić information content (AvgIpc) is 2.38. The number of carbonyl (C=O) groups excluding carboxylic acids is 1. The van der Waals surface area contributed by atoms with Crippen molar-refractivity contribution in [1.82, 2.24) is 4.57 Å². The first-order valence-corrected chi connectivity index (χ1v) is 5.91. The Morgan fingerprint density at radius 1 is 1.21 bits per heavy atom. The van der Waals surface area contributed by atoms with Crippen LogP contribution in [0.4, 0.5) is 0 Å². The normalized spacial score (nSPS) is 10.3. The minimum atomic E-state index is -0.241. The number of rotatable bonds is 3. The highest BCUT2D eigenvalue weighted by Gasteiger charge is 2.09. The van der Waals surface area contributed by atoms with Crippen LogP contribution in [0.3, 0.4) is 0 Å². The molecule has 4 nitrogen and oxygen atoms in total. The molecule has 98 valence electrons. The van der Waals surface area contributed by atoms with Crippen molar-refractivity contribution in [3.63, 3.8) is 0 Å². The summed E-state index contributed by atoms with van der Waals surface area (Å²) in [6.07, 6.45) is 1.59. The molecule has 4 heteroatoms. The van der Waals surface area contributed by atoms with Crippen molar-refractivity contribution in [2.24, 2.45) is 0 Å². The zero-order chi connectivity index (χ0) is 14.0. The van der Waals surface area contributed by atoms with Crippen molar-refractivity contribution in [3.8, 4) is 11.4 Å². The lowest BCUT2D eigenvalue weighted by atomic mass is 10.1. The Hall–Kier alpha value is -2.36. The number of benzene rings is 1. The van der Waals surface area contributed by atoms with Crippen molar-refractivity contribution in [1.29, 1.82) is 0 Å². The van der Waals surface area contributed by atoms with Gasteiger partial charge in [0.1, 0.15) is 5.75 Å². The van der Waals surface area contributed by atoms with Gasteiger partial charge in [-0.15, -0.1) is 0 Å². The van der Waals surface area contributed by atoms with Gasteiger partial charge in [-0.3, -0.25) is 9.59 Å². The number of hydrogen-bond acceptors (Lipinski definition) is 3. The third-order valence-corrected chi connectivity index (χ3v) is 2.97. The van der Waals surface area contributed by atoms with E-state index in [1.54, 1.807) is 13.3 Å². The topological polar surface area (TPSA) is 48.3 Å². The van der Waals surface area contributed by atoms with Crippen LogP contribution in [0.15, 0.2) is 41.3 Å². The van der Waals surface area contributed by atoms with E-state index in [9.17, 15) is 9.59 Å². The largest absolute Gasteiger partial charge is 0.497 e. The number of methoxy groups -OCH3 is 1. The van der Waals surface area contributed by atoms with Gasteiger partial charge in [-0.25, -0.2) is 0 Å². The van der Waals surface area contributed by atoms with Crippen LogP contribution in [0.2, 0.25) is 0 Å². The van der Waals surface area contributed by atoms with Crippen molar-refractivity contribution in [2.45, 2.75) is 13.8 Å². The van der Waals surface area contributed by atoms with Crippen molar-refractivity contribution >= 4 is 5.78 Å². The second-order valence-corrected chi connectivity index (χ2v) is 4.32. The SMILES string of the molecule is COc1ccc(-n2cc(C(C)=O)c(=O)cc2C)cc1. The van der Waals surface area contributed by atoms with E-state index in [1.807, 2.05) is 35.8 Å². The summed E-state index contributed by atoms with van der Waals surface area (Å²) < 4.78 is 6.92. The lowest BCUT2D eigenvalue weighted by molar-refractivity contribution is 0.101. The highest BCUT2D eigenvalue weighted by atomic mass is 16.5. The second kappa shape index (κ2) is 5.10. The van der Waals surface area contributed by atoms with Crippen molar-refractivity contribution in [2.75, 3.05) is 7.11 Å². The number of hydrogen-bond donors (Lipinski definition) is 0. The molecule has 0 amide bonds. The van der Waals surface area contributed by atoms with Crippen LogP contribution < -0.4 is 10.2 Å². The number of nitrogens with zero attached hydrogens (tertiary/aromatic N) is 1. The third-order valence-electron chi connectivity index (χ3n) is 2.97. The van der Waals surface area contributed by atoms with Crippen LogP contribution in [-0.2, 0) is 0 Å². The quantitative estimate of drug-likeness (QED) is 0.793. The summed E-state index contributed by atoms with van der Waals surface area (Å²) in [5.74, 6) is 0.529. The van der Waals surface area contributed by atoms with Crippen LogP contribution in [0, 0.1) is 6.92 Å². The van der Waals surface area contributed by atoms with Gasteiger partial charge in [-0.1, -0.05) is 0 Å². The van der Waals surface area contributed by atoms with Gasteiger partial charge in [0.25, 0.3) is 0 Å². The van der Waals surface area contributed by atoms with E-state index < -0.39 is 0 Å². The lowest BCUT2D eigenvalue weighted by Crippen LogP contribution is -2.16. The fourth-order valence-electron chi connectivity index (χ4n) is 1.92. The van der Waals surface area contributed by atoms with Gasteiger partial charge in [0.15, 0.2) is 11.2 Å². The van der Waals surface area contributed by atoms with E-state index >= 15 is 0 Å². The van der Waals surface area contributed by atoms with Crippen LogP contribution in [-0.4, -0.2) is 17.5 Å². The first kappa shape index (κ1) is 13.1. The predicted octanol–water partition coefficient (Wildman–Crippen LogP) is 2.36. The number of aryl methyl sites for hydroxylation is 1. The van der Waals surface area contributed by atoms with Gasteiger partial charge >= 0.3 is 0 Å². The summed E-state index contributed by atoms with van der Waals surface area (Å²) in [4.78, 5) is 23.1. The Morgan fingerprint density at radius 2 is 1.84 bits per heavy atom. The van der Waals surface area contributed by atoms with E-state index in [1.165, 1.54) is 13.0 Å². The maximum absolute atomic E-state index is 11.7. The van der Waals surface area contributed by atoms with Gasteiger partial charge in [0.2, 0.25) is 0 Å². The number of aromatic nitrogens is 1. The molecule has 0 spiro atoms. The first-order chi connectivity index (χ1) is 9.02. The van der Waals surface area contributed by atoms with Crippen LogP contribution >= 0.6 is 0 Å². The van der Waals surface area contributed by atoms with E-state index in [2.05, 4.69) is 0 Å². The molecule has 19 heavy (non-hydrogen) atoms. The summed E-state index contributed by atoms with van der Waals surface area (Å²) in [6.45, 7) is 3.22. The number of Topliss-reactive ketones (excluding diaryl/α,β-unsaturated/α-hetero) is 1. The Kier molecular flexibility index (Phi) is 3.51. The zero-order valence-corrected chi connectivity index (χ0v) is 11.1. The Morgan fingerprint density at radius 3 is 2.37 bits per heavy atom. The molecule has 2 aromatic rings. The molecule has 0 aliphatic rings. The molecule has 0 unspecified atom stereocenters. The number of carbonyl (C=O) groups is 1. The Labute approximate surface area is 111 Å². The summed E-state index contributed by atoms with van der Waals surface area (Å²) in [6, 6.07) is 8.89. The van der Waals surface area contributed by atoms with E-state index in [0.29, 0.717) is 0 Å². The van der Waals surface area contributed by atoms with Crippen molar-refractivity contribution < 1.29 is 9.53 Å². The molecule has 0 fully saturated rings. The number of ketones is 1. The molecule has 0 atom stereocenters. The molecule has 1 aromatic heterocycles. The highest BCUT2D eigenvalue weighted by molar-refractivity contribution is 5.93. The van der Waals surface area contributed by atoms with Crippen LogP contribution in [0.5, 0.6) is 5.75 Å². The lowest BCUT2D eigenvalue weighted by Gasteiger charge is -2.12. The average molecular weight is 257 g/mol. The summed E-state index contributed by atoms with van der Waals surface area (Å²) >= 11 is 0. The molecule has 0 aliphatic heterocycles. The Bertz CT molecular complexity index is 669. The summed E-state index contributed by atoms with van der Waals surface area (Å²) in [5, 5.41) is 0. The maximum Gasteiger partial charge on any atom is 0.192 e. The summed E-state index contributed by atoms with van der Waals surface area (Å²) in [7, 11) is 1.60. The number of pyridine rings is 1. The van der Waals surface area contributed by atoms with E-state index in [4.69, 9.17) is 4.74 Å². The Balaban J connectivity index is 2.57. The molecule has 0 bridgehead atoms. The molecule has 0 saturated carbocycles. The fraction of sp³-hybridized carbons (Fsp3) is 0.200. The molecule has 0 aliphatic carbocycles.